The molecule has 0 aliphatic carbocycles. The van der Waals surface area contributed by atoms with E-state index < -0.39 is 30.3 Å². The lowest BCUT2D eigenvalue weighted by Crippen LogP contribution is -2.00. The first-order chi connectivity index (χ1) is 7.21. The third-order valence-corrected chi connectivity index (χ3v) is 3.12. The van der Waals surface area contributed by atoms with Crippen LogP contribution in [-0.4, -0.2) is 19.1 Å². The largest absolute Gasteiger partial charge is 0.295 e. The van der Waals surface area contributed by atoms with Gasteiger partial charge in [0.2, 0.25) is 0 Å². The van der Waals surface area contributed by atoms with E-state index in [4.69, 9.17) is 10.7 Å². The summed E-state index contributed by atoms with van der Waals surface area (Å²) in [4.78, 5) is 20.3. The van der Waals surface area contributed by atoms with Crippen molar-refractivity contribution in [2.24, 2.45) is 0 Å². The zero-order valence-corrected chi connectivity index (χ0v) is 9.58. The Morgan fingerprint density at radius 2 is 1.94 bits per heavy atom. The zero-order valence-electron chi connectivity index (χ0n) is 8.01. The second-order valence-corrected chi connectivity index (χ2v) is 5.53. The van der Waals surface area contributed by atoms with Gasteiger partial charge in [-0.25, -0.2) is 8.42 Å². The molecule has 0 aliphatic heterocycles. The molecule has 0 aliphatic rings. The standard InChI is InChI=1S/C8H6ClNO5S/c1-5(11)6-2-7(10(12)13)4-8(3-6)16(9,14)15/h2-4H,1H3. The summed E-state index contributed by atoms with van der Waals surface area (Å²) in [6.07, 6.45) is 0. The number of benzene rings is 1. The van der Waals surface area contributed by atoms with Gasteiger partial charge in [-0.3, -0.25) is 14.9 Å². The fourth-order valence-corrected chi connectivity index (χ4v) is 1.83. The number of nitro groups is 1. The first kappa shape index (κ1) is 12.6. The molecule has 0 heterocycles. The van der Waals surface area contributed by atoms with Crippen LogP contribution in [0.25, 0.3) is 0 Å². The number of carbonyl (C=O) groups is 1. The Kier molecular flexibility index (Phi) is 3.30. The highest BCUT2D eigenvalue weighted by atomic mass is 35.7. The first-order valence-corrected chi connectivity index (χ1v) is 6.28. The van der Waals surface area contributed by atoms with Gasteiger partial charge in [0, 0.05) is 28.4 Å². The average Bonchev–Trinajstić information content (AvgIpc) is 2.15. The highest BCUT2D eigenvalue weighted by molar-refractivity contribution is 8.13. The fourth-order valence-electron chi connectivity index (χ4n) is 1.03. The van der Waals surface area contributed by atoms with Gasteiger partial charge in [0.15, 0.2) is 5.78 Å². The Labute approximate surface area is 95.4 Å². The minimum Gasteiger partial charge on any atom is -0.295 e. The Balaban J connectivity index is 3.54. The van der Waals surface area contributed by atoms with Crippen LogP contribution in [0.15, 0.2) is 23.1 Å². The quantitative estimate of drug-likeness (QED) is 0.358. The zero-order chi connectivity index (χ0) is 12.5. The van der Waals surface area contributed by atoms with Crippen LogP contribution >= 0.6 is 10.7 Å². The normalized spacial score (nSPS) is 11.1. The molecule has 0 aromatic heterocycles. The summed E-state index contributed by atoms with van der Waals surface area (Å²) >= 11 is 0. The van der Waals surface area contributed by atoms with Gasteiger partial charge in [0.05, 0.1) is 9.82 Å². The number of rotatable bonds is 3. The van der Waals surface area contributed by atoms with Crippen molar-refractivity contribution in [1.82, 2.24) is 0 Å². The second-order valence-electron chi connectivity index (χ2n) is 2.97. The van der Waals surface area contributed by atoms with Crippen molar-refractivity contribution in [2.75, 3.05) is 0 Å². The molecule has 6 nitrogen and oxygen atoms in total. The van der Waals surface area contributed by atoms with Crippen molar-refractivity contribution in [1.29, 1.82) is 0 Å². The molecule has 1 aromatic carbocycles. The molecular formula is C8H6ClNO5S. The molecule has 0 bridgehead atoms. The summed E-state index contributed by atoms with van der Waals surface area (Å²) in [5.41, 5.74) is -0.569. The van der Waals surface area contributed by atoms with E-state index in [2.05, 4.69) is 0 Å². The van der Waals surface area contributed by atoms with E-state index in [1.54, 1.807) is 0 Å². The van der Waals surface area contributed by atoms with Gasteiger partial charge in [-0.15, -0.1) is 0 Å². The van der Waals surface area contributed by atoms with Crippen LogP contribution in [0, 0.1) is 10.1 Å². The number of ketones is 1. The van der Waals surface area contributed by atoms with Crippen LogP contribution in [0.4, 0.5) is 5.69 Å². The number of hydrogen-bond acceptors (Lipinski definition) is 5. The average molecular weight is 264 g/mol. The highest BCUT2D eigenvalue weighted by Gasteiger charge is 2.18. The minimum atomic E-state index is -4.10. The molecule has 1 rings (SSSR count). The third-order valence-electron chi connectivity index (χ3n) is 1.79. The van der Waals surface area contributed by atoms with E-state index in [9.17, 15) is 23.3 Å². The molecule has 0 unspecified atom stereocenters. The third kappa shape index (κ3) is 2.77. The molecule has 0 saturated carbocycles. The molecule has 0 radical (unpaired) electrons. The molecule has 8 heteroatoms. The number of Topliss-reactive ketones (excluding diaryl/α,β-unsaturated/α-hetero) is 1. The van der Waals surface area contributed by atoms with Gasteiger partial charge < -0.3 is 0 Å². The van der Waals surface area contributed by atoms with Crippen LogP contribution in [0.3, 0.4) is 0 Å². The number of halogens is 1. The molecule has 86 valence electrons. The monoisotopic (exact) mass is 263 g/mol. The lowest BCUT2D eigenvalue weighted by molar-refractivity contribution is -0.385. The molecule has 0 fully saturated rings. The van der Waals surface area contributed by atoms with Crippen molar-refractivity contribution < 1.29 is 18.1 Å². The van der Waals surface area contributed by atoms with Gasteiger partial charge in [-0.1, -0.05) is 0 Å². The van der Waals surface area contributed by atoms with Gasteiger partial charge >= 0.3 is 0 Å². The molecule has 0 saturated heterocycles. The summed E-state index contributed by atoms with van der Waals surface area (Å²) in [5.74, 6) is -0.481. The number of nitro benzene ring substituents is 1. The molecule has 0 spiro atoms. The summed E-state index contributed by atoms with van der Waals surface area (Å²) in [6, 6.07) is 2.79. The summed E-state index contributed by atoms with van der Waals surface area (Å²) in [7, 11) is 0.951. The first-order valence-electron chi connectivity index (χ1n) is 3.97. The second kappa shape index (κ2) is 4.18. The summed E-state index contributed by atoms with van der Waals surface area (Å²) in [5, 5.41) is 10.5. The van der Waals surface area contributed by atoms with Crippen LogP contribution in [0.2, 0.25) is 0 Å². The Bertz CT molecular complexity index is 534. The Morgan fingerprint density at radius 3 is 2.31 bits per heavy atom. The molecule has 0 atom stereocenters. The number of nitrogens with zero attached hydrogens (tertiary/aromatic N) is 1. The predicted octanol–water partition coefficient (Wildman–Crippen LogP) is 1.72. The number of hydrogen-bond donors (Lipinski definition) is 0. The van der Waals surface area contributed by atoms with Gasteiger partial charge in [0.1, 0.15) is 0 Å². The maximum absolute atomic E-state index is 11.0. The van der Waals surface area contributed by atoms with Crippen LogP contribution in [0.1, 0.15) is 17.3 Å². The topological polar surface area (TPSA) is 94.3 Å². The molecule has 1 aromatic rings. The molecular weight excluding hydrogens is 258 g/mol. The minimum absolute atomic E-state index is 0.0755. The summed E-state index contributed by atoms with van der Waals surface area (Å²) in [6.45, 7) is 1.17. The molecule has 0 amide bonds. The van der Waals surface area contributed by atoms with Gasteiger partial charge in [0.25, 0.3) is 14.7 Å². The maximum Gasteiger partial charge on any atom is 0.271 e. The van der Waals surface area contributed by atoms with Crippen molar-refractivity contribution in [3.05, 3.63) is 33.9 Å². The van der Waals surface area contributed by atoms with E-state index in [0.717, 1.165) is 18.2 Å². The van der Waals surface area contributed by atoms with Crippen LogP contribution in [0.5, 0.6) is 0 Å². The smallest absolute Gasteiger partial charge is 0.271 e. The lowest BCUT2D eigenvalue weighted by Gasteiger charge is -2.00. The lowest BCUT2D eigenvalue weighted by atomic mass is 10.1. The van der Waals surface area contributed by atoms with Crippen molar-refractivity contribution >= 4 is 31.2 Å². The Morgan fingerprint density at radius 1 is 1.38 bits per heavy atom. The maximum atomic E-state index is 11.0. The van der Waals surface area contributed by atoms with E-state index in [0.29, 0.717) is 0 Å². The van der Waals surface area contributed by atoms with Crippen LogP contribution in [-0.2, 0) is 9.05 Å². The van der Waals surface area contributed by atoms with E-state index in [1.807, 2.05) is 0 Å². The van der Waals surface area contributed by atoms with Gasteiger partial charge in [-0.05, 0) is 13.0 Å². The molecule has 16 heavy (non-hydrogen) atoms. The Hall–Kier alpha value is -1.47. The highest BCUT2D eigenvalue weighted by Crippen LogP contribution is 2.23. The van der Waals surface area contributed by atoms with E-state index >= 15 is 0 Å². The van der Waals surface area contributed by atoms with Crippen LogP contribution < -0.4 is 0 Å². The fraction of sp³-hybridized carbons (Fsp3) is 0.125. The van der Waals surface area contributed by atoms with Crippen molar-refractivity contribution in [3.63, 3.8) is 0 Å². The van der Waals surface area contributed by atoms with Gasteiger partial charge in [-0.2, -0.15) is 0 Å². The van der Waals surface area contributed by atoms with Crippen molar-refractivity contribution in [2.45, 2.75) is 11.8 Å². The number of non-ortho nitro benzene ring substituents is 1. The van der Waals surface area contributed by atoms with Crippen molar-refractivity contribution in [3.8, 4) is 0 Å². The van der Waals surface area contributed by atoms with E-state index in [-0.39, 0.29) is 5.56 Å². The van der Waals surface area contributed by atoms with E-state index in [1.165, 1.54) is 6.92 Å². The molecule has 0 N–H and O–H groups in total. The predicted molar refractivity (Wildman–Crippen MR) is 56.1 cm³/mol. The summed E-state index contributed by atoms with van der Waals surface area (Å²) < 4.78 is 22.0. The number of carbonyl (C=O) groups excluding carboxylic acids is 1. The SMILES string of the molecule is CC(=O)c1cc([N+](=O)[O-])cc(S(=O)(=O)Cl)c1.